The van der Waals surface area contributed by atoms with Crippen LogP contribution in [0.1, 0.15) is 6.42 Å². The molecule has 0 aromatic heterocycles. The van der Waals surface area contributed by atoms with Gasteiger partial charge in [-0.1, -0.05) is 0 Å². The summed E-state index contributed by atoms with van der Waals surface area (Å²) in [5.74, 6) is 0. The van der Waals surface area contributed by atoms with Crippen LogP contribution in [0.25, 0.3) is 0 Å². The molecule has 1 N–H and O–H groups in total. The highest BCUT2D eigenvalue weighted by Crippen LogP contribution is 2.05. The van der Waals surface area contributed by atoms with Gasteiger partial charge in [-0.2, -0.15) is 0 Å². The second-order valence-electron chi connectivity index (χ2n) is 1.71. The minimum absolute atomic E-state index is 0.0764. The summed E-state index contributed by atoms with van der Waals surface area (Å²) in [4.78, 5) is 0. The first-order chi connectivity index (χ1) is 3.93. The molecule has 0 unspecified atom stereocenters. The van der Waals surface area contributed by atoms with Crippen LogP contribution in [0.15, 0.2) is 0 Å². The van der Waals surface area contributed by atoms with Crippen molar-refractivity contribution in [2.24, 2.45) is 0 Å². The Balaban J connectivity index is 2.06. The highest BCUT2D eigenvalue weighted by atomic mass is 16.7. The lowest BCUT2D eigenvalue weighted by Crippen LogP contribution is -2.09. The summed E-state index contributed by atoms with van der Waals surface area (Å²) < 4.78 is 10.1. The standard InChI is InChI=1S/C5H10NO2/c6-2-1-5-7-3-4-8-5/h5-6H,1-4H2. The summed E-state index contributed by atoms with van der Waals surface area (Å²) in [5, 5.41) is 0. The van der Waals surface area contributed by atoms with Gasteiger partial charge in [-0.15, -0.1) is 0 Å². The fourth-order valence-electron chi connectivity index (χ4n) is 0.692. The third-order valence-corrected chi connectivity index (χ3v) is 1.07. The first-order valence-electron chi connectivity index (χ1n) is 2.81. The van der Waals surface area contributed by atoms with E-state index >= 15 is 0 Å². The Morgan fingerprint density at radius 2 is 2.00 bits per heavy atom. The maximum atomic E-state index is 6.81. The van der Waals surface area contributed by atoms with Crippen LogP contribution in [-0.4, -0.2) is 26.0 Å². The molecule has 0 bridgehead atoms. The Morgan fingerprint density at radius 3 is 2.50 bits per heavy atom. The number of ether oxygens (including phenoxy) is 2. The summed E-state index contributed by atoms with van der Waals surface area (Å²) in [5.41, 5.74) is 6.81. The maximum absolute atomic E-state index is 6.81. The molecule has 3 nitrogen and oxygen atoms in total. The minimum atomic E-state index is -0.0764. The molecule has 0 aromatic carbocycles. The number of rotatable bonds is 2. The summed E-state index contributed by atoms with van der Waals surface area (Å²) in [6.45, 7) is 1.79. The second-order valence-corrected chi connectivity index (χ2v) is 1.71. The lowest BCUT2D eigenvalue weighted by molar-refractivity contribution is -0.0448. The van der Waals surface area contributed by atoms with Crippen LogP contribution in [-0.2, 0) is 9.47 Å². The van der Waals surface area contributed by atoms with Crippen LogP contribution < -0.4 is 5.73 Å². The highest BCUT2D eigenvalue weighted by Gasteiger charge is 2.13. The Kier molecular flexibility index (Phi) is 2.27. The molecule has 0 spiro atoms. The van der Waals surface area contributed by atoms with Crippen LogP contribution in [0.3, 0.4) is 0 Å². The molecular weight excluding hydrogens is 106 g/mol. The van der Waals surface area contributed by atoms with Crippen LogP contribution >= 0.6 is 0 Å². The molecule has 47 valence electrons. The molecule has 0 saturated carbocycles. The fourth-order valence-corrected chi connectivity index (χ4v) is 0.692. The molecule has 0 atom stereocenters. The van der Waals surface area contributed by atoms with Crippen LogP contribution in [0.4, 0.5) is 0 Å². The number of hydrogen-bond acceptors (Lipinski definition) is 2. The van der Waals surface area contributed by atoms with Gasteiger partial charge in [-0.25, -0.2) is 0 Å². The Morgan fingerprint density at radius 1 is 1.38 bits per heavy atom. The zero-order valence-electron chi connectivity index (χ0n) is 4.72. The van der Waals surface area contributed by atoms with Crippen molar-refractivity contribution in [3.63, 3.8) is 0 Å². The van der Waals surface area contributed by atoms with E-state index in [0.717, 1.165) is 0 Å². The van der Waals surface area contributed by atoms with Gasteiger partial charge in [0.2, 0.25) is 0 Å². The smallest absolute Gasteiger partial charge is 0.159 e. The lowest BCUT2D eigenvalue weighted by atomic mass is 10.4. The maximum Gasteiger partial charge on any atom is 0.159 e. The van der Waals surface area contributed by atoms with Crippen LogP contribution in [0, 0.1) is 0 Å². The predicted molar refractivity (Wildman–Crippen MR) is 28.3 cm³/mol. The molecule has 1 rings (SSSR count). The summed E-state index contributed by atoms with van der Waals surface area (Å²) in [6, 6.07) is 0. The first-order valence-corrected chi connectivity index (χ1v) is 2.81. The van der Waals surface area contributed by atoms with Crippen LogP contribution in [0.5, 0.6) is 0 Å². The molecule has 3 heteroatoms. The lowest BCUT2D eigenvalue weighted by Gasteiger charge is -2.03. The molecule has 1 aliphatic rings. The summed E-state index contributed by atoms with van der Waals surface area (Å²) >= 11 is 0. The van der Waals surface area contributed by atoms with E-state index in [2.05, 4.69) is 0 Å². The van der Waals surface area contributed by atoms with Crippen molar-refractivity contribution < 1.29 is 9.47 Å². The average Bonchev–Trinajstić information content (AvgIpc) is 2.19. The van der Waals surface area contributed by atoms with Crippen molar-refractivity contribution in [1.29, 1.82) is 0 Å². The van der Waals surface area contributed by atoms with Crippen molar-refractivity contribution in [2.75, 3.05) is 19.8 Å². The first kappa shape index (κ1) is 6.01. The van der Waals surface area contributed by atoms with E-state index in [1.165, 1.54) is 0 Å². The predicted octanol–water partition coefficient (Wildman–Crippen LogP) is 0.0323. The van der Waals surface area contributed by atoms with Gasteiger partial charge in [-0.05, 0) is 0 Å². The largest absolute Gasteiger partial charge is 0.350 e. The van der Waals surface area contributed by atoms with E-state index in [-0.39, 0.29) is 6.29 Å². The summed E-state index contributed by atoms with van der Waals surface area (Å²) in [7, 11) is 0. The van der Waals surface area contributed by atoms with Gasteiger partial charge in [0.25, 0.3) is 0 Å². The van der Waals surface area contributed by atoms with Gasteiger partial charge in [0, 0.05) is 13.0 Å². The quantitative estimate of drug-likeness (QED) is 0.511. The molecule has 0 aromatic rings. The minimum Gasteiger partial charge on any atom is -0.350 e. The molecule has 1 saturated heterocycles. The van der Waals surface area contributed by atoms with Crippen molar-refractivity contribution in [3.05, 3.63) is 0 Å². The molecule has 8 heavy (non-hydrogen) atoms. The SMILES string of the molecule is [NH]CCC1OCCO1. The third kappa shape index (κ3) is 1.43. The third-order valence-electron chi connectivity index (χ3n) is 1.07. The fraction of sp³-hybridized carbons (Fsp3) is 1.00. The zero-order chi connectivity index (χ0) is 5.82. The van der Waals surface area contributed by atoms with E-state index in [9.17, 15) is 0 Å². The molecule has 1 heterocycles. The van der Waals surface area contributed by atoms with E-state index in [4.69, 9.17) is 15.2 Å². The van der Waals surface area contributed by atoms with Gasteiger partial charge in [0.1, 0.15) is 0 Å². The van der Waals surface area contributed by atoms with Crippen molar-refractivity contribution in [2.45, 2.75) is 12.7 Å². The normalized spacial score (nSPS) is 22.1. The van der Waals surface area contributed by atoms with Crippen molar-refractivity contribution in [3.8, 4) is 0 Å². The van der Waals surface area contributed by atoms with Gasteiger partial charge < -0.3 is 9.47 Å². The Bertz CT molecular complexity index is 61.4. The molecule has 1 fully saturated rings. The van der Waals surface area contributed by atoms with Crippen molar-refractivity contribution in [1.82, 2.24) is 5.73 Å². The van der Waals surface area contributed by atoms with Crippen molar-refractivity contribution >= 4 is 0 Å². The zero-order valence-corrected chi connectivity index (χ0v) is 4.72. The summed E-state index contributed by atoms with van der Waals surface area (Å²) in [6.07, 6.45) is 0.632. The monoisotopic (exact) mass is 116 g/mol. The molecule has 1 aliphatic heterocycles. The molecular formula is C5H10NO2. The van der Waals surface area contributed by atoms with E-state index in [1.54, 1.807) is 0 Å². The molecule has 0 aliphatic carbocycles. The highest BCUT2D eigenvalue weighted by molar-refractivity contribution is 4.50. The number of nitrogens with one attached hydrogen (secondary N) is 1. The van der Waals surface area contributed by atoms with Gasteiger partial charge >= 0.3 is 0 Å². The molecule has 1 radical (unpaired) electrons. The molecule has 0 amide bonds. The topological polar surface area (TPSA) is 42.3 Å². The number of hydrogen-bond donors (Lipinski definition) is 0. The Hall–Kier alpha value is -0.120. The van der Waals surface area contributed by atoms with E-state index < -0.39 is 0 Å². The second kappa shape index (κ2) is 3.02. The van der Waals surface area contributed by atoms with Crippen LogP contribution in [0.2, 0.25) is 0 Å². The average molecular weight is 116 g/mol. The van der Waals surface area contributed by atoms with Gasteiger partial charge in [0.15, 0.2) is 6.29 Å². The van der Waals surface area contributed by atoms with E-state index in [1.807, 2.05) is 0 Å². The van der Waals surface area contributed by atoms with Gasteiger partial charge in [-0.3, -0.25) is 5.73 Å². The Labute approximate surface area is 48.8 Å². The van der Waals surface area contributed by atoms with Gasteiger partial charge in [0.05, 0.1) is 13.2 Å². The van der Waals surface area contributed by atoms with E-state index in [0.29, 0.717) is 26.2 Å².